The third kappa shape index (κ3) is 13.1. The first kappa shape index (κ1) is 52.3. The van der Waals surface area contributed by atoms with Gasteiger partial charge in [0.25, 0.3) is 5.91 Å². The van der Waals surface area contributed by atoms with Crippen molar-refractivity contribution in [3.8, 4) is 0 Å². The first-order chi connectivity index (χ1) is 30.6. The van der Waals surface area contributed by atoms with Crippen LogP contribution in [-0.2, 0) is 42.9 Å². The van der Waals surface area contributed by atoms with Gasteiger partial charge in [-0.2, -0.15) is 0 Å². The van der Waals surface area contributed by atoms with Crippen molar-refractivity contribution in [2.75, 3.05) is 52.6 Å². The summed E-state index contributed by atoms with van der Waals surface area (Å²) in [6.45, 7) is 3.23. The van der Waals surface area contributed by atoms with Crippen molar-refractivity contribution >= 4 is 23.6 Å². The van der Waals surface area contributed by atoms with Gasteiger partial charge >= 0.3 is 0 Å². The van der Waals surface area contributed by atoms with Crippen LogP contribution in [-0.4, -0.2) is 202 Å². The molecule has 2 saturated carbocycles. The van der Waals surface area contributed by atoms with Crippen LogP contribution >= 0.6 is 0 Å². The van der Waals surface area contributed by atoms with Gasteiger partial charge in [0.15, 0.2) is 12.6 Å². The molecule has 0 aromatic rings. The van der Waals surface area contributed by atoms with Gasteiger partial charge in [0.05, 0.1) is 44.7 Å². The minimum absolute atomic E-state index is 0.00248. The Morgan fingerprint density at radius 2 is 1.47 bits per heavy atom. The number of rotatable bonds is 21. The van der Waals surface area contributed by atoms with Crippen LogP contribution in [0.5, 0.6) is 0 Å². The smallest absolute Gasteiger partial charge is 0.251 e. The predicted octanol–water partition coefficient (Wildman–Crippen LogP) is -2.85. The fourth-order valence-corrected chi connectivity index (χ4v) is 9.57. The highest BCUT2D eigenvalue weighted by molar-refractivity contribution is 5.82. The summed E-state index contributed by atoms with van der Waals surface area (Å²) in [5.74, 6) is -2.71. The number of hydrogen-bond donors (Lipinski definition) is 11. The van der Waals surface area contributed by atoms with Crippen molar-refractivity contribution in [2.24, 2.45) is 23.2 Å². The van der Waals surface area contributed by atoms with Crippen LogP contribution in [0.2, 0.25) is 0 Å². The van der Waals surface area contributed by atoms with Crippen molar-refractivity contribution < 1.29 is 83.7 Å². The number of nitrogens with one attached hydrogen (secondary N) is 3. The van der Waals surface area contributed by atoms with Gasteiger partial charge in [-0.1, -0.05) is 45.4 Å². The molecule has 4 amide bonds. The number of aliphatic hydroxyl groups is 8. The van der Waals surface area contributed by atoms with E-state index in [-0.39, 0.29) is 44.2 Å². The second-order valence-electron chi connectivity index (χ2n) is 18.5. The molecule has 3 saturated heterocycles. The maximum atomic E-state index is 13.9. The highest BCUT2D eigenvalue weighted by Crippen LogP contribution is 2.40. The molecule has 3 heterocycles. The van der Waals surface area contributed by atoms with E-state index in [1.165, 1.54) is 13.8 Å². The molecule has 0 spiro atoms. The SMILES string of the molecule is CCC1CC(C(=O)NCCNC(=O)CC(CO)(CO)CO)C[C@@H](O[C@@H]2OC(CO)[C@H](O)C(O[C@@H](CC3CCCCC3)C(=O)N3CCC3)C2NC(C)=O)C1O[C@@H]1OC(C)[C@@H](O)C(O)C1O. The van der Waals surface area contributed by atoms with E-state index < -0.39 is 141 Å². The molecule has 21 nitrogen and oxygen atoms in total. The molecule has 0 radical (unpaired) electrons. The average Bonchev–Trinajstić information content (AvgIpc) is 3.26. The van der Waals surface area contributed by atoms with E-state index in [0.717, 1.165) is 38.5 Å². The normalized spacial score (nSPS) is 35.5. The van der Waals surface area contributed by atoms with E-state index in [1.807, 2.05) is 6.92 Å². The fourth-order valence-electron chi connectivity index (χ4n) is 9.57. The van der Waals surface area contributed by atoms with E-state index >= 15 is 0 Å². The quantitative estimate of drug-likeness (QED) is 0.0516. The van der Waals surface area contributed by atoms with Crippen LogP contribution in [0.4, 0.5) is 0 Å². The third-order valence-electron chi connectivity index (χ3n) is 13.8. The zero-order chi connectivity index (χ0) is 46.7. The van der Waals surface area contributed by atoms with Crippen LogP contribution < -0.4 is 16.0 Å². The van der Waals surface area contributed by atoms with Gasteiger partial charge in [0.1, 0.15) is 48.8 Å². The molecular weight excluding hydrogens is 844 g/mol. The van der Waals surface area contributed by atoms with Crippen molar-refractivity contribution in [2.45, 2.75) is 171 Å². The Kier molecular flexibility index (Phi) is 20.0. The van der Waals surface area contributed by atoms with E-state index in [9.17, 15) is 60.0 Å². The largest absolute Gasteiger partial charge is 0.396 e. The molecule has 368 valence electrons. The Morgan fingerprint density at radius 3 is 2.06 bits per heavy atom. The molecular formula is C43H74N4O17. The van der Waals surface area contributed by atoms with E-state index in [0.29, 0.717) is 25.9 Å². The lowest BCUT2D eigenvalue weighted by atomic mass is 9.75. The number of likely N-dealkylation sites (tertiary alicyclic amines) is 1. The molecule has 21 heteroatoms. The molecule has 2 aliphatic carbocycles. The van der Waals surface area contributed by atoms with Gasteiger partial charge in [0.2, 0.25) is 17.7 Å². The van der Waals surface area contributed by atoms with Gasteiger partial charge < -0.3 is 85.4 Å². The molecule has 9 unspecified atom stereocenters. The number of hydrogen-bond acceptors (Lipinski definition) is 17. The number of carbonyl (C=O) groups excluding carboxylic acids is 4. The summed E-state index contributed by atoms with van der Waals surface area (Å²) in [5.41, 5.74) is -1.41. The third-order valence-corrected chi connectivity index (χ3v) is 13.8. The zero-order valence-corrected chi connectivity index (χ0v) is 37.4. The number of ether oxygens (including phenoxy) is 5. The maximum Gasteiger partial charge on any atom is 0.251 e. The number of aliphatic hydroxyl groups excluding tert-OH is 8. The Morgan fingerprint density at radius 1 is 0.797 bits per heavy atom. The maximum absolute atomic E-state index is 13.9. The van der Waals surface area contributed by atoms with Gasteiger partial charge in [-0.3, -0.25) is 19.2 Å². The van der Waals surface area contributed by atoms with E-state index in [1.54, 1.807) is 4.90 Å². The van der Waals surface area contributed by atoms with Gasteiger partial charge in [0, 0.05) is 50.9 Å². The predicted molar refractivity (Wildman–Crippen MR) is 223 cm³/mol. The number of nitrogens with zero attached hydrogens (tertiary/aromatic N) is 1. The molecule has 5 rings (SSSR count). The zero-order valence-electron chi connectivity index (χ0n) is 37.4. The van der Waals surface area contributed by atoms with Crippen LogP contribution in [0.3, 0.4) is 0 Å². The van der Waals surface area contributed by atoms with Crippen LogP contribution in [0, 0.1) is 23.2 Å². The van der Waals surface area contributed by atoms with Crippen molar-refractivity contribution in [1.29, 1.82) is 0 Å². The number of carbonyl (C=O) groups is 4. The highest BCUT2D eigenvalue weighted by Gasteiger charge is 2.53. The molecule has 11 N–H and O–H groups in total. The van der Waals surface area contributed by atoms with E-state index in [4.69, 9.17) is 23.7 Å². The van der Waals surface area contributed by atoms with Gasteiger partial charge in [-0.05, 0) is 44.4 Å². The monoisotopic (exact) mass is 919 g/mol. The second-order valence-corrected chi connectivity index (χ2v) is 18.5. The molecule has 0 aromatic heterocycles. The second kappa shape index (κ2) is 24.4. The molecule has 64 heavy (non-hydrogen) atoms. The summed E-state index contributed by atoms with van der Waals surface area (Å²) in [6, 6.07) is -1.25. The van der Waals surface area contributed by atoms with Crippen LogP contribution in [0.15, 0.2) is 0 Å². The molecule has 0 aromatic carbocycles. The first-order valence-electron chi connectivity index (χ1n) is 23.1. The Labute approximate surface area is 374 Å². The Hall–Kier alpha value is -2.64. The lowest BCUT2D eigenvalue weighted by Crippen LogP contribution is -2.67. The average molecular weight is 919 g/mol. The van der Waals surface area contributed by atoms with Crippen LogP contribution in [0.25, 0.3) is 0 Å². The molecule has 5 aliphatic rings. The summed E-state index contributed by atoms with van der Waals surface area (Å²) in [6.07, 6.45) is -9.13. The first-order valence-corrected chi connectivity index (χ1v) is 23.1. The summed E-state index contributed by atoms with van der Waals surface area (Å²) in [7, 11) is 0. The summed E-state index contributed by atoms with van der Waals surface area (Å²) >= 11 is 0. The standard InChI is InChI=1S/C43H74N4O17/c1-4-26-16-27(39(58)45-12-11-44-31(53)18-43(20-49,21-50)22-51)17-28(37(26)64-42-36(57)35(56)33(54)23(2)60-42)62-41-32(46-24(3)52)38(34(55)30(19-48)63-41)61-29(40(59)47-13-8-14-47)15-25-9-6-5-7-10-25/h23,25-30,32-38,41-42,48-51,54-57H,4-22H2,1-3H3,(H,44,53)(H,45,58)(H,46,52)/t23?,26?,27?,28-,29+,30?,32?,33-,34+,35?,36?,37?,38?,41-,42+/m1/s1. The summed E-state index contributed by atoms with van der Waals surface area (Å²) in [5, 5.41) is 91.3. The van der Waals surface area contributed by atoms with Gasteiger partial charge in [-0.15, -0.1) is 0 Å². The summed E-state index contributed by atoms with van der Waals surface area (Å²) < 4.78 is 31.8. The van der Waals surface area contributed by atoms with E-state index in [2.05, 4.69) is 16.0 Å². The topological polar surface area (TPSA) is 316 Å². The molecule has 15 atom stereocenters. The summed E-state index contributed by atoms with van der Waals surface area (Å²) in [4.78, 5) is 54.9. The Balaban J connectivity index is 1.40. The minimum atomic E-state index is -1.67. The molecule has 3 aliphatic heterocycles. The van der Waals surface area contributed by atoms with Crippen molar-refractivity contribution in [1.82, 2.24) is 20.9 Å². The number of amides is 4. The Bertz CT molecular complexity index is 1490. The van der Waals surface area contributed by atoms with Gasteiger partial charge in [-0.25, -0.2) is 0 Å². The minimum Gasteiger partial charge on any atom is -0.396 e. The fraction of sp³-hybridized carbons (Fsp3) is 0.907. The molecule has 0 bridgehead atoms. The highest BCUT2D eigenvalue weighted by atomic mass is 16.7. The van der Waals surface area contributed by atoms with Crippen molar-refractivity contribution in [3.63, 3.8) is 0 Å². The van der Waals surface area contributed by atoms with Crippen molar-refractivity contribution in [3.05, 3.63) is 0 Å². The lowest BCUT2D eigenvalue weighted by Gasteiger charge is -2.49. The van der Waals surface area contributed by atoms with Crippen LogP contribution in [0.1, 0.15) is 91.4 Å². The molecule has 5 fully saturated rings. The lowest BCUT2D eigenvalue weighted by molar-refractivity contribution is -0.338.